The van der Waals surface area contributed by atoms with Crippen LogP contribution in [0.15, 0.2) is 58.2 Å². The summed E-state index contributed by atoms with van der Waals surface area (Å²) in [6, 6.07) is 12.9. The van der Waals surface area contributed by atoms with E-state index in [1.165, 1.54) is 16.6 Å². The molecule has 0 saturated heterocycles. The molecule has 0 aliphatic carbocycles. The standard InChI is InChI=1S/C15H18BrN3O2S.ClH/c16-14-6-7-15(18-12-14)22(20,21)19(11-9-17)10-8-13-4-2-1-3-5-13;/h1-7,12H,8-11,17H2;1H. The van der Waals surface area contributed by atoms with Gasteiger partial charge in [-0.1, -0.05) is 30.3 Å². The van der Waals surface area contributed by atoms with Crippen LogP contribution in [0.4, 0.5) is 0 Å². The zero-order valence-electron chi connectivity index (χ0n) is 12.4. The Balaban J connectivity index is 0.00000264. The van der Waals surface area contributed by atoms with E-state index in [0.717, 1.165) is 10.0 Å². The van der Waals surface area contributed by atoms with Crippen LogP contribution < -0.4 is 5.73 Å². The fraction of sp³-hybridized carbons (Fsp3) is 0.267. The predicted octanol–water partition coefficient (Wildman–Crippen LogP) is 2.46. The number of pyridine rings is 1. The lowest BCUT2D eigenvalue weighted by atomic mass is 10.1. The molecule has 0 saturated carbocycles. The Morgan fingerprint density at radius 3 is 2.35 bits per heavy atom. The monoisotopic (exact) mass is 419 g/mol. The van der Waals surface area contributed by atoms with Crippen molar-refractivity contribution in [2.75, 3.05) is 19.6 Å². The minimum atomic E-state index is -3.63. The van der Waals surface area contributed by atoms with E-state index in [1.54, 1.807) is 6.07 Å². The van der Waals surface area contributed by atoms with E-state index in [2.05, 4.69) is 20.9 Å². The number of hydrogen-bond acceptors (Lipinski definition) is 4. The number of benzene rings is 1. The van der Waals surface area contributed by atoms with Crippen molar-refractivity contribution in [2.45, 2.75) is 11.4 Å². The third-order valence-electron chi connectivity index (χ3n) is 3.18. The summed E-state index contributed by atoms with van der Waals surface area (Å²) in [7, 11) is -3.63. The molecule has 0 radical (unpaired) electrons. The molecule has 0 aliphatic rings. The molecule has 0 fully saturated rings. The minimum absolute atomic E-state index is 0. The highest BCUT2D eigenvalue weighted by Gasteiger charge is 2.24. The molecule has 1 aromatic carbocycles. The quantitative estimate of drug-likeness (QED) is 0.746. The van der Waals surface area contributed by atoms with E-state index in [9.17, 15) is 8.42 Å². The molecule has 2 rings (SSSR count). The molecule has 0 amide bonds. The van der Waals surface area contributed by atoms with Gasteiger partial charge in [-0.15, -0.1) is 12.4 Å². The van der Waals surface area contributed by atoms with E-state index >= 15 is 0 Å². The number of nitrogens with zero attached hydrogens (tertiary/aromatic N) is 2. The summed E-state index contributed by atoms with van der Waals surface area (Å²) in [5.41, 5.74) is 6.65. The molecule has 0 aliphatic heterocycles. The minimum Gasteiger partial charge on any atom is -0.329 e. The van der Waals surface area contributed by atoms with Crippen LogP contribution in [0.25, 0.3) is 0 Å². The van der Waals surface area contributed by atoms with Crippen LogP contribution in [-0.4, -0.2) is 37.3 Å². The van der Waals surface area contributed by atoms with Crippen molar-refractivity contribution in [2.24, 2.45) is 5.73 Å². The third-order valence-corrected chi connectivity index (χ3v) is 5.46. The van der Waals surface area contributed by atoms with Crippen molar-refractivity contribution in [3.05, 3.63) is 58.7 Å². The first kappa shape index (κ1) is 20.1. The van der Waals surface area contributed by atoms with Crippen molar-refractivity contribution in [1.29, 1.82) is 0 Å². The molecule has 2 N–H and O–H groups in total. The second-order valence-corrected chi connectivity index (χ2v) is 7.54. The third kappa shape index (κ3) is 5.54. The SMILES string of the molecule is Cl.NCCN(CCc1ccccc1)S(=O)(=O)c1ccc(Br)cn1. The Morgan fingerprint density at radius 1 is 1.09 bits per heavy atom. The van der Waals surface area contributed by atoms with E-state index < -0.39 is 10.0 Å². The highest BCUT2D eigenvalue weighted by atomic mass is 79.9. The number of rotatable bonds is 7. The van der Waals surface area contributed by atoms with Crippen LogP contribution in [0.1, 0.15) is 5.56 Å². The van der Waals surface area contributed by atoms with E-state index in [-0.39, 0.29) is 30.5 Å². The fourth-order valence-corrected chi connectivity index (χ4v) is 3.64. The van der Waals surface area contributed by atoms with Crippen LogP contribution >= 0.6 is 28.3 Å². The lowest BCUT2D eigenvalue weighted by molar-refractivity contribution is 0.419. The van der Waals surface area contributed by atoms with Crippen molar-refractivity contribution in [1.82, 2.24) is 9.29 Å². The molecule has 126 valence electrons. The molecule has 5 nitrogen and oxygen atoms in total. The van der Waals surface area contributed by atoms with Crippen LogP contribution in [0.5, 0.6) is 0 Å². The number of aromatic nitrogens is 1. The number of nitrogens with two attached hydrogens (primary N) is 1. The van der Waals surface area contributed by atoms with Crippen molar-refractivity contribution >= 4 is 38.4 Å². The maximum absolute atomic E-state index is 12.6. The number of hydrogen-bond donors (Lipinski definition) is 1. The van der Waals surface area contributed by atoms with Gasteiger partial charge in [0.1, 0.15) is 0 Å². The van der Waals surface area contributed by atoms with Crippen molar-refractivity contribution < 1.29 is 8.42 Å². The zero-order valence-corrected chi connectivity index (χ0v) is 15.6. The van der Waals surface area contributed by atoms with E-state index in [4.69, 9.17) is 5.73 Å². The summed E-state index contributed by atoms with van der Waals surface area (Å²) < 4.78 is 27.4. The van der Waals surface area contributed by atoms with Gasteiger partial charge in [-0.25, -0.2) is 13.4 Å². The average Bonchev–Trinajstić information content (AvgIpc) is 2.52. The molecule has 1 heterocycles. The maximum Gasteiger partial charge on any atom is 0.260 e. The number of sulfonamides is 1. The molecule has 23 heavy (non-hydrogen) atoms. The lowest BCUT2D eigenvalue weighted by Gasteiger charge is -2.21. The summed E-state index contributed by atoms with van der Waals surface area (Å²) in [6.45, 7) is 0.915. The smallest absolute Gasteiger partial charge is 0.260 e. The highest BCUT2D eigenvalue weighted by molar-refractivity contribution is 9.10. The Hall–Kier alpha value is -0.990. The normalized spacial score (nSPS) is 11.3. The van der Waals surface area contributed by atoms with Crippen LogP contribution in [0.3, 0.4) is 0 Å². The lowest BCUT2D eigenvalue weighted by Crippen LogP contribution is -2.37. The molecule has 0 atom stereocenters. The fourth-order valence-electron chi connectivity index (χ4n) is 2.04. The second-order valence-electron chi connectivity index (χ2n) is 4.74. The Labute approximate surface area is 151 Å². The van der Waals surface area contributed by atoms with E-state index in [1.807, 2.05) is 30.3 Å². The van der Waals surface area contributed by atoms with Gasteiger partial charge in [0.15, 0.2) is 5.03 Å². The molecular weight excluding hydrogens is 402 g/mol. The second kappa shape index (κ2) is 9.34. The summed E-state index contributed by atoms with van der Waals surface area (Å²) >= 11 is 3.25. The molecule has 2 aromatic rings. The highest BCUT2D eigenvalue weighted by Crippen LogP contribution is 2.16. The van der Waals surface area contributed by atoms with Crippen LogP contribution in [0.2, 0.25) is 0 Å². The molecule has 0 bridgehead atoms. The summed E-state index contributed by atoms with van der Waals surface area (Å²) in [6.07, 6.45) is 2.11. The molecule has 8 heteroatoms. The van der Waals surface area contributed by atoms with Crippen LogP contribution in [0, 0.1) is 0 Å². The molecule has 0 unspecified atom stereocenters. The van der Waals surface area contributed by atoms with Gasteiger partial charge in [-0.05, 0) is 40.0 Å². The van der Waals surface area contributed by atoms with Gasteiger partial charge in [0.2, 0.25) is 0 Å². The molecule has 0 spiro atoms. The summed E-state index contributed by atoms with van der Waals surface area (Å²) in [5.74, 6) is 0. The van der Waals surface area contributed by atoms with Gasteiger partial charge in [0.05, 0.1) is 0 Å². The summed E-state index contributed by atoms with van der Waals surface area (Å²) in [4.78, 5) is 3.99. The van der Waals surface area contributed by atoms with Crippen molar-refractivity contribution in [3.8, 4) is 0 Å². The van der Waals surface area contributed by atoms with Crippen LogP contribution in [-0.2, 0) is 16.4 Å². The van der Waals surface area contributed by atoms with Gasteiger partial charge in [-0.2, -0.15) is 4.31 Å². The maximum atomic E-state index is 12.6. The predicted molar refractivity (Wildman–Crippen MR) is 97.1 cm³/mol. The number of halogens is 2. The topological polar surface area (TPSA) is 76.3 Å². The van der Waals surface area contributed by atoms with Gasteiger partial charge in [0, 0.05) is 30.3 Å². The average molecular weight is 421 g/mol. The Bertz CT molecular complexity index is 696. The Kier molecular flexibility index (Phi) is 8.15. The van der Waals surface area contributed by atoms with Crippen molar-refractivity contribution in [3.63, 3.8) is 0 Å². The van der Waals surface area contributed by atoms with Gasteiger partial charge in [0.25, 0.3) is 10.0 Å². The first-order valence-corrected chi connectivity index (χ1v) is 9.13. The molecule has 1 aromatic heterocycles. The molecular formula is C15H19BrClN3O2S. The first-order valence-electron chi connectivity index (χ1n) is 6.90. The zero-order chi connectivity index (χ0) is 16.0. The van der Waals surface area contributed by atoms with Gasteiger partial charge < -0.3 is 5.73 Å². The van der Waals surface area contributed by atoms with E-state index in [0.29, 0.717) is 13.0 Å². The summed E-state index contributed by atoms with van der Waals surface area (Å²) in [5, 5.41) is 0.0391. The van der Waals surface area contributed by atoms with Gasteiger partial charge >= 0.3 is 0 Å². The largest absolute Gasteiger partial charge is 0.329 e. The van der Waals surface area contributed by atoms with Gasteiger partial charge in [-0.3, -0.25) is 0 Å². The first-order chi connectivity index (χ1) is 10.5. The Morgan fingerprint density at radius 2 is 1.78 bits per heavy atom.